The van der Waals surface area contributed by atoms with Gasteiger partial charge in [0, 0.05) is 13.1 Å². The highest BCUT2D eigenvalue weighted by molar-refractivity contribution is 5.94. The number of nitrogens with one attached hydrogen (secondary N) is 1. The summed E-state index contributed by atoms with van der Waals surface area (Å²) < 4.78 is 10.5. The van der Waals surface area contributed by atoms with Gasteiger partial charge < -0.3 is 19.7 Å². The number of nitrogens with zero attached hydrogens (tertiary/aromatic N) is 1. The van der Waals surface area contributed by atoms with Crippen LogP contribution >= 0.6 is 0 Å². The SMILES string of the molecule is COc1ccc2cc([C@H](C)C(=O)N3CCNC(=O)C3CC(=O)OCC(C)C)ccc2c1. The number of benzene rings is 2. The van der Waals surface area contributed by atoms with Gasteiger partial charge in [0.1, 0.15) is 11.8 Å². The van der Waals surface area contributed by atoms with Gasteiger partial charge >= 0.3 is 5.97 Å². The molecule has 2 aromatic carbocycles. The van der Waals surface area contributed by atoms with Crippen LogP contribution in [0.15, 0.2) is 36.4 Å². The van der Waals surface area contributed by atoms with Crippen molar-refractivity contribution < 1.29 is 23.9 Å². The van der Waals surface area contributed by atoms with Crippen molar-refractivity contribution in [2.24, 2.45) is 5.92 Å². The summed E-state index contributed by atoms with van der Waals surface area (Å²) in [6.07, 6.45) is -0.144. The zero-order chi connectivity index (χ0) is 22.5. The van der Waals surface area contributed by atoms with Gasteiger partial charge in [-0.1, -0.05) is 38.1 Å². The normalized spacial score (nSPS) is 17.4. The molecule has 7 heteroatoms. The fourth-order valence-corrected chi connectivity index (χ4v) is 3.69. The lowest BCUT2D eigenvalue weighted by molar-refractivity contribution is -0.152. The molecule has 1 aliphatic heterocycles. The van der Waals surface area contributed by atoms with E-state index in [0.29, 0.717) is 19.7 Å². The molecule has 2 aromatic rings. The van der Waals surface area contributed by atoms with Gasteiger partial charge in [0.25, 0.3) is 0 Å². The van der Waals surface area contributed by atoms with E-state index in [9.17, 15) is 14.4 Å². The summed E-state index contributed by atoms with van der Waals surface area (Å²) in [6.45, 7) is 6.73. The van der Waals surface area contributed by atoms with Gasteiger partial charge in [0.05, 0.1) is 26.1 Å². The van der Waals surface area contributed by atoms with Crippen LogP contribution in [0.5, 0.6) is 5.75 Å². The Morgan fingerprint density at radius 1 is 1.13 bits per heavy atom. The van der Waals surface area contributed by atoms with Crippen LogP contribution < -0.4 is 10.1 Å². The van der Waals surface area contributed by atoms with Crippen molar-refractivity contribution in [1.29, 1.82) is 0 Å². The second-order valence-corrected chi connectivity index (χ2v) is 8.31. The number of methoxy groups -OCH3 is 1. The molecule has 0 spiro atoms. The van der Waals surface area contributed by atoms with Gasteiger partial charge in [-0.25, -0.2) is 0 Å². The summed E-state index contributed by atoms with van der Waals surface area (Å²) in [5, 5.41) is 4.77. The molecule has 1 aliphatic rings. The summed E-state index contributed by atoms with van der Waals surface area (Å²) in [5.74, 6) is -0.443. The number of hydrogen-bond acceptors (Lipinski definition) is 5. The van der Waals surface area contributed by atoms with Crippen LogP contribution in [0.3, 0.4) is 0 Å². The zero-order valence-electron chi connectivity index (χ0n) is 18.5. The molecule has 1 heterocycles. The molecule has 1 unspecified atom stereocenters. The highest BCUT2D eigenvalue weighted by atomic mass is 16.5. The van der Waals surface area contributed by atoms with Crippen LogP contribution in [0, 0.1) is 5.92 Å². The molecule has 7 nitrogen and oxygen atoms in total. The van der Waals surface area contributed by atoms with Crippen molar-refractivity contribution >= 4 is 28.6 Å². The number of fused-ring (bicyclic) bond motifs is 1. The molecule has 1 saturated heterocycles. The zero-order valence-corrected chi connectivity index (χ0v) is 18.5. The van der Waals surface area contributed by atoms with E-state index in [1.165, 1.54) is 4.90 Å². The van der Waals surface area contributed by atoms with E-state index in [0.717, 1.165) is 22.1 Å². The van der Waals surface area contributed by atoms with Crippen LogP contribution in [-0.2, 0) is 19.1 Å². The molecular formula is C24H30N2O5. The molecule has 0 saturated carbocycles. The third kappa shape index (κ3) is 5.34. The predicted octanol–water partition coefficient (Wildman–Crippen LogP) is 2.87. The lowest BCUT2D eigenvalue weighted by Crippen LogP contribution is -2.58. The van der Waals surface area contributed by atoms with E-state index >= 15 is 0 Å². The summed E-state index contributed by atoms with van der Waals surface area (Å²) >= 11 is 0. The fraction of sp³-hybridized carbons (Fsp3) is 0.458. The smallest absolute Gasteiger partial charge is 0.308 e. The van der Waals surface area contributed by atoms with Crippen LogP contribution in [0.4, 0.5) is 0 Å². The monoisotopic (exact) mass is 426 g/mol. The van der Waals surface area contributed by atoms with Gasteiger partial charge in [-0.15, -0.1) is 0 Å². The molecule has 0 aliphatic carbocycles. The Morgan fingerprint density at radius 3 is 2.55 bits per heavy atom. The number of carbonyl (C=O) groups excluding carboxylic acids is 3. The Kier molecular flexibility index (Phi) is 7.15. The molecule has 1 fully saturated rings. The fourth-order valence-electron chi connectivity index (χ4n) is 3.69. The lowest BCUT2D eigenvalue weighted by Gasteiger charge is -2.36. The number of piperazine rings is 1. The maximum atomic E-state index is 13.3. The minimum atomic E-state index is -0.854. The average molecular weight is 427 g/mol. The maximum Gasteiger partial charge on any atom is 0.308 e. The van der Waals surface area contributed by atoms with E-state index in [1.807, 2.05) is 57.2 Å². The van der Waals surface area contributed by atoms with Crippen molar-refractivity contribution in [2.75, 3.05) is 26.8 Å². The van der Waals surface area contributed by atoms with E-state index < -0.39 is 17.9 Å². The van der Waals surface area contributed by atoms with Crippen molar-refractivity contribution in [3.8, 4) is 5.75 Å². The molecular weight excluding hydrogens is 396 g/mol. The first-order valence-corrected chi connectivity index (χ1v) is 10.6. The average Bonchev–Trinajstić information content (AvgIpc) is 2.77. The quantitative estimate of drug-likeness (QED) is 0.688. The van der Waals surface area contributed by atoms with Gasteiger partial charge in [-0.05, 0) is 41.3 Å². The van der Waals surface area contributed by atoms with Crippen LogP contribution in [0.1, 0.15) is 38.7 Å². The number of hydrogen-bond donors (Lipinski definition) is 1. The molecule has 3 rings (SSSR count). The molecule has 0 bridgehead atoms. The molecule has 166 valence electrons. The molecule has 0 radical (unpaired) electrons. The van der Waals surface area contributed by atoms with E-state index in [-0.39, 0.29) is 24.2 Å². The van der Waals surface area contributed by atoms with Crippen molar-refractivity contribution in [3.63, 3.8) is 0 Å². The third-order valence-corrected chi connectivity index (χ3v) is 5.49. The summed E-state index contributed by atoms with van der Waals surface area (Å²) in [5.41, 5.74) is 0.856. The number of rotatable bonds is 7. The Morgan fingerprint density at radius 2 is 1.84 bits per heavy atom. The second kappa shape index (κ2) is 9.81. The Hall–Kier alpha value is -3.09. The highest BCUT2D eigenvalue weighted by Gasteiger charge is 2.37. The minimum Gasteiger partial charge on any atom is -0.497 e. The molecule has 1 N–H and O–H groups in total. The van der Waals surface area contributed by atoms with Gasteiger partial charge in [0.15, 0.2) is 0 Å². The summed E-state index contributed by atoms with van der Waals surface area (Å²) in [7, 11) is 1.63. The standard InChI is InChI=1S/C24H30N2O5/c1-15(2)14-31-22(27)13-21-23(28)25-9-10-26(21)24(29)16(3)17-5-6-19-12-20(30-4)8-7-18(19)11-17/h5-8,11-12,15-16,21H,9-10,13-14H2,1-4H3,(H,25,28)/t16-,21?/m0/s1. The van der Waals surface area contributed by atoms with Gasteiger partial charge in [-0.3, -0.25) is 14.4 Å². The minimum absolute atomic E-state index is 0.144. The largest absolute Gasteiger partial charge is 0.497 e. The molecule has 31 heavy (non-hydrogen) atoms. The summed E-state index contributed by atoms with van der Waals surface area (Å²) in [6, 6.07) is 10.8. The van der Waals surface area contributed by atoms with Crippen LogP contribution in [0.25, 0.3) is 10.8 Å². The predicted molar refractivity (Wildman–Crippen MR) is 118 cm³/mol. The van der Waals surface area contributed by atoms with Gasteiger partial charge in [-0.2, -0.15) is 0 Å². The number of amides is 2. The summed E-state index contributed by atoms with van der Waals surface area (Å²) in [4.78, 5) is 39.5. The number of carbonyl (C=O) groups is 3. The van der Waals surface area contributed by atoms with Crippen molar-refractivity contribution in [2.45, 2.75) is 39.2 Å². The highest BCUT2D eigenvalue weighted by Crippen LogP contribution is 2.27. The maximum absolute atomic E-state index is 13.3. The Balaban J connectivity index is 1.77. The first-order chi connectivity index (χ1) is 14.8. The molecule has 2 amide bonds. The van der Waals surface area contributed by atoms with Crippen LogP contribution in [-0.4, -0.2) is 55.5 Å². The Labute approximate surface area is 182 Å². The first kappa shape index (κ1) is 22.6. The van der Waals surface area contributed by atoms with E-state index in [2.05, 4.69) is 5.32 Å². The van der Waals surface area contributed by atoms with Crippen molar-refractivity contribution in [1.82, 2.24) is 10.2 Å². The third-order valence-electron chi connectivity index (χ3n) is 5.49. The number of esters is 1. The molecule has 2 atom stereocenters. The number of ether oxygens (including phenoxy) is 2. The van der Waals surface area contributed by atoms with Crippen molar-refractivity contribution in [3.05, 3.63) is 42.0 Å². The topological polar surface area (TPSA) is 84.9 Å². The van der Waals surface area contributed by atoms with E-state index in [1.54, 1.807) is 7.11 Å². The van der Waals surface area contributed by atoms with Crippen LogP contribution in [0.2, 0.25) is 0 Å². The lowest BCUT2D eigenvalue weighted by atomic mass is 9.95. The molecule has 0 aromatic heterocycles. The van der Waals surface area contributed by atoms with E-state index in [4.69, 9.17) is 9.47 Å². The van der Waals surface area contributed by atoms with Gasteiger partial charge in [0.2, 0.25) is 11.8 Å². The Bertz CT molecular complexity index is 972. The first-order valence-electron chi connectivity index (χ1n) is 10.6. The second-order valence-electron chi connectivity index (χ2n) is 8.31.